The fraction of sp³-hybridized carbons (Fsp3) is 0.200. The van der Waals surface area contributed by atoms with Gasteiger partial charge in [0.15, 0.2) is 0 Å². The van der Waals surface area contributed by atoms with E-state index in [9.17, 15) is 0 Å². The van der Waals surface area contributed by atoms with Gasteiger partial charge in [-0.15, -0.1) is 0 Å². The van der Waals surface area contributed by atoms with Gasteiger partial charge in [0.2, 0.25) is 0 Å². The summed E-state index contributed by atoms with van der Waals surface area (Å²) in [6, 6.07) is 16.2. The molecule has 2 aromatic carbocycles. The summed E-state index contributed by atoms with van der Waals surface area (Å²) in [4.78, 5) is 0. The van der Waals surface area contributed by atoms with E-state index in [2.05, 4.69) is 18.3 Å². The second-order valence-corrected chi connectivity index (χ2v) is 3.90. The summed E-state index contributed by atoms with van der Waals surface area (Å²) in [6.45, 7) is 4.76. The first-order valence-electron chi connectivity index (χ1n) is 5.85. The molecule has 2 nitrogen and oxygen atoms in total. The van der Waals surface area contributed by atoms with Crippen LogP contribution in [0.1, 0.15) is 12.5 Å². The lowest BCUT2D eigenvalue weighted by Crippen LogP contribution is -1.96. The van der Waals surface area contributed by atoms with Gasteiger partial charge in [0.05, 0.1) is 6.61 Å². The van der Waals surface area contributed by atoms with Gasteiger partial charge in [-0.05, 0) is 37.6 Å². The normalized spacial score (nSPS) is 10.0. The first kappa shape index (κ1) is 11.5. The van der Waals surface area contributed by atoms with E-state index in [0.717, 1.165) is 17.1 Å². The second-order valence-electron chi connectivity index (χ2n) is 3.90. The molecule has 0 aliphatic rings. The van der Waals surface area contributed by atoms with Gasteiger partial charge in [-0.1, -0.05) is 24.3 Å². The van der Waals surface area contributed by atoms with Gasteiger partial charge in [-0.2, -0.15) is 0 Å². The summed E-state index contributed by atoms with van der Waals surface area (Å²) in [5.74, 6) is 0.900. The Hall–Kier alpha value is -1.96. The van der Waals surface area contributed by atoms with Crippen molar-refractivity contribution in [2.75, 3.05) is 11.9 Å². The zero-order valence-electron chi connectivity index (χ0n) is 10.2. The third kappa shape index (κ3) is 3.00. The molecule has 0 aliphatic carbocycles. The number of para-hydroxylation sites is 1. The Labute approximate surface area is 102 Å². The standard InChI is InChI=1S/C15H17NO/c1-3-17-14-10-9-12(2)15(11-14)16-13-7-5-4-6-8-13/h4-11,16H,3H2,1-2H3. The van der Waals surface area contributed by atoms with E-state index < -0.39 is 0 Å². The van der Waals surface area contributed by atoms with Crippen LogP contribution in [0.2, 0.25) is 0 Å². The van der Waals surface area contributed by atoms with Crippen LogP contribution in [0, 0.1) is 6.92 Å². The van der Waals surface area contributed by atoms with Crippen molar-refractivity contribution in [3.8, 4) is 5.75 Å². The Kier molecular flexibility index (Phi) is 3.66. The molecule has 0 amide bonds. The molecular weight excluding hydrogens is 210 g/mol. The smallest absolute Gasteiger partial charge is 0.121 e. The molecule has 0 saturated carbocycles. The van der Waals surface area contributed by atoms with Crippen LogP contribution in [0.25, 0.3) is 0 Å². The van der Waals surface area contributed by atoms with E-state index in [1.807, 2.05) is 49.4 Å². The van der Waals surface area contributed by atoms with Crippen molar-refractivity contribution >= 4 is 11.4 Å². The highest BCUT2D eigenvalue weighted by atomic mass is 16.5. The number of hydrogen-bond donors (Lipinski definition) is 1. The number of ether oxygens (including phenoxy) is 1. The minimum atomic E-state index is 0.688. The first-order valence-corrected chi connectivity index (χ1v) is 5.85. The van der Waals surface area contributed by atoms with Gasteiger partial charge < -0.3 is 10.1 Å². The van der Waals surface area contributed by atoms with Crippen LogP contribution in [0.3, 0.4) is 0 Å². The molecule has 88 valence electrons. The van der Waals surface area contributed by atoms with Crippen molar-refractivity contribution in [1.82, 2.24) is 0 Å². The number of anilines is 2. The number of nitrogens with one attached hydrogen (secondary N) is 1. The Morgan fingerprint density at radius 3 is 2.53 bits per heavy atom. The van der Waals surface area contributed by atoms with Crippen molar-refractivity contribution in [3.63, 3.8) is 0 Å². The molecule has 0 heterocycles. The quantitative estimate of drug-likeness (QED) is 0.847. The first-order chi connectivity index (χ1) is 8.29. The van der Waals surface area contributed by atoms with Crippen molar-refractivity contribution in [2.24, 2.45) is 0 Å². The molecule has 2 aromatic rings. The van der Waals surface area contributed by atoms with Gasteiger partial charge in [-0.25, -0.2) is 0 Å². The van der Waals surface area contributed by atoms with E-state index in [-0.39, 0.29) is 0 Å². The van der Waals surface area contributed by atoms with Gasteiger partial charge in [0, 0.05) is 17.4 Å². The zero-order valence-corrected chi connectivity index (χ0v) is 10.2. The highest BCUT2D eigenvalue weighted by molar-refractivity contribution is 5.64. The molecular formula is C15H17NO. The average Bonchev–Trinajstić information content (AvgIpc) is 2.35. The van der Waals surface area contributed by atoms with Gasteiger partial charge in [0.25, 0.3) is 0 Å². The monoisotopic (exact) mass is 227 g/mol. The molecule has 0 atom stereocenters. The predicted molar refractivity (Wildman–Crippen MR) is 72.1 cm³/mol. The number of hydrogen-bond acceptors (Lipinski definition) is 2. The molecule has 0 bridgehead atoms. The fourth-order valence-electron chi connectivity index (χ4n) is 1.67. The lowest BCUT2D eigenvalue weighted by atomic mass is 10.2. The van der Waals surface area contributed by atoms with Crippen LogP contribution >= 0.6 is 0 Å². The fourth-order valence-corrected chi connectivity index (χ4v) is 1.67. The average molecular weight is 227 g/mol. The van der Waals surface area contributed by atoms with E-state index >= 15 is 0 Å². The maximum Gasteiger partial charge on any atom is 0.121 e. The Morgan fingerprint density at radius 1 is 1.06 bits per heavy atom. The number of rotatable bonds is 4. The van der Waals surface area contributed by atoms with Gasteiger partial charge in [0.1, 0.15) is 5.75 Å². The highest BCUT2D eigenvalue weighted by Gasteiger charge is 2.01. The number of aryl methyl sites for hydroxylation is 1. The van der Waals surface area contributed by atoms with Crippen LogP contribution in [-0.2, 0) is 0 Å². The summed E-state index contributed by atoms with van der Waals surface area (Å²) in [5.41, 5.74) is 3.38. The maximum absolute atomic E-state index is 5.50. The van der Waals surface area contributed by atoms with Crippen molar-refractivity contribution in [3.05, 3.63) is 54.1 Å². The Bertz CT molecular complexity index is 480. The van der Waals surface area contributed by atoms with Crippen LogP contribution in [0.15, 0.2) is 48.5 Å². The van der Waals surface area contributed by atoms with E-state index in [1.54, 1.807) is 0 Å². The zero-order chi connectivity index (χ0) is 12.1. The topological polar surface area (TPSA) is 21.3 Å². The highest BCUT2D eigenvalue weighted by Crippen LogP contribution is 2.25. The summed E-state index contributed by atoms with van der Waals surface area (Å²) >= 11 is 0. The summed E-state index contributed by atoms with van der Waals surface area (Å²) < 4.78 is 5.50. The Morgan fingerprint density at radius 2 is 1.82 bits per heavy atom. The molecule has 0 aromatic heterocycles. The molecule has 0 fully saturated rings. The summed E-state index contributed by atoms with van der Waals surface area (Å²) in [6.07, 6.45) is 0. The van der Waals surface area contributed by atoms with Gasteiger partial charge in [-0.3, -0.25) is 0 Å². The number of benzene rings is 2. The molecule has 2 heteroatoms. The van der Waals surface area contributed by atoms with Crippen LogP contribution in [0.4, 0.5) is 11.4 Å². The predicted octanol–water partition coefficient (Wildman–Crippen LogP) is 4.14. The molecule has 0 saturated heterocycles. The summed E-state index contributed by atoms with van der Waals surface area (Å²) in [7, 11) is 0. The maximum atomic E-state index is 5.50. The van der Waals surface area contributed by atoms with Crippen LogP contribution in [0.5, 0.6) is 5.75 Å². The van der Waals surface area contributed by atoms with Crippen molar-refractivity contribution in [2.45, 2.75) is 13.8 Å². The molecule has 1 N–H and O–H groups in total. The minimum absolute atomic E-state index is 0.688. The minimum Gasteiger partial charge on any atom is -0.494 e. The van der Waals surface area contributed by atoms with Crippen LogP contribution in [-0.4, -0.2) is 6.61 Å². The summed E-state index contributed by atoms with van der Waals surface area (Å²) in [5, 5.41) is 3.39. The molecule has 0 unspecified atom stereocenters. The van der Waals surface area contributed by atoms with Gasteiger partial charge >= 0.3 is 0 Å². The van der Waals surface area contributed by atoms with Crippen molar-refractivity contribution < 1.29 is 4.74 Å². The molecule has 2 rings (SSSR count). The second kappa shape index (κ2) is 5.39. The Balaban J connectivity index is 2.22. The molecule has 0 spiro atoms. The van der Waals surface area contributed by atoms with Crippen LogP contribution < -0.4 is 10.1 Å². The van der Waals surface area contributed by atoms with E-state index in [4.69, 9.17) is 4.74 Å². The molecule has 0 aliphatic heterocycles. The van der Waals surface area contributed by atoms with E-state index in [1.165, 1.54) is 5.56 Å². The lowest BCUT2D eigenvalue weighted by molar-refractivity contribution is 0.340. The molecule has 0 radical (unpaired) electrons. The third-order valence-corrected chi connectivity index (χ3v) is 2.57. The largest absolute Gasteiger partial charge is 0.494 e. The van der Waals surface area contributed by atoms with E-state index in [0.29, 0.717) is 6.61 Å². The molecule has 17 heavy (non-hydrogen) atoms. The van der Waals surface area contributed by atoms with Crippen molar-refractivity contribution in [1.29, 1.82) is 0 Å². The SMILES string of the molecule is CCOc1ccc(C)c(Nc2ccccc2)c1. The third-order valence-electron chi connectivity index (χ3n) is 2.57. The lowest BCUT2D eigenvalue weighted by Gasteiger charge is -2.11.